The van der Waals surface area contributed by atoms with Crippen molar-refractivity contribution in [3.63, 3.8) is 0 Å². The summed E-state index contributed by atoms with van der Waals surface area (Å²) in [5, 5.41) is 3.21. The van der Waals surface area contributed by atoms with Crippen LogP contribution in [0.4, 0.5) is 5.69 Å². The normalized spacial score (nSPS) is 18.1. The summed E-state index contributed by atoms with van der Waals surface area (Å²) in [6.07, 6.45) is 0. The number of benzene rings is 2. The number of hydrogen-bond donors (Lipinski definition) is 1. The molecule has 0 spiro atoms. The van der Waals surface area contributed by atoms with Crippen molar-refractivity contribution in [1.29, 1.82) is 0 Å². The molecule has 0 aliphatic carbocycles. The Morgan fingerprint density at radius 2 is 1.75 bits per heavy atom. The number of amides is 1. The van der Waals surface area contributed by atoms with Crippen LogP contribution >= 0.6 is 0 Å². The molecule has 0 saturated carbocycles. The topological polar surface area (TPSA) is 75.7 Å². The summed E-state index contributed by atoms with van der Waals surface area (Å²) in [4.78, 5) is 14.7. The second-order valence-corrected chi connectivity index (χ2v) is 8.89. The van der Waals surface area contributed by atoms with E-state index in [-0.39, 0.29) is 9.80 Å². The van der Waals surface area contributed by atoms with Crippen LogP contribution in [0, 0.1) is 13.8 Å². The molecule has 1 N–H and O–H groups in total. The van der Waals surface area contributed by atoms with Gasteiger partial charge in [-0.05, 0) is 43.2 Å². The summed E-state index contributed by atoms with van der Waals surface area (Å²) in [6, 6.07) is 12.5. The van der Waals surface area contributed by atoms with Crippen molar-refractivity contribution in [2.45, 2.75) is 18.7 Å². The second kappa shape index (κ2) is 7.07. The molecule has 2 heterocycles. The molecule has 0 aromatic heterocycles. The van der Waals surface area contributed by atoms with E-state index in [9.17, 15) is 13.2 Å². The lowest BCUT2D eigenvalue weighted by molar-refractivity contribution is -0.130. The first-order chi connectivity index (χ1) is 13.4. The molecule has 2 aromatic carbocycles. The maximum Gasteiger partial charge on any atom is 0.268 e. The van der Waals surface area contributed by atoms with Crippen LogP contribution in [0.2, 0.25) is 0 Å². The van der Waals surface area contributed by atoms with Gasteiger partial charge in [-0.25, -0.2) is 8.42 Å². The van der Waals surface area contributed by atoms with Gasteiger partial charge in [-0.2, -0.15) is 0 Å². The van der Waals surface area contributed by atoms with E-state index < -0.39 is 15.7 Å². The molecule has 0 atom stereocenters. The highest BCUT2D eigenvalue weighted by atomic mass is 32.2. The lowest BCUT2D eigenvalue weighted by atomic mass is 10.1. The molecule has 6 nitrogen and oxygen atoms in total. The van der Waals surface area contributed by atoms with Crippen LogP contribution in [-0.2, 0) is 19.4 Å². The van der Waals surface area contributed by atoms with E-state index in [1.807, 2.05) is 32.0 Å². The van der Waals surface area contributed by atoms with E-state index >= 15 is 0 Å². The fraction of sp³-hybridized carbons (Fsp3) is 0.286. The molecular weight excluding hydrogens is 376 g/mol. The predicted molar refractivity (Wildman–Crippen MR) is 107 cm³/mol. The molecule has 1 amide bonds. The number of anilines is 1. The van der Waals surface area contributed by atoms with Crippen molar-refractivity contribution in [2.75, 3.05) is 31.6 Å². The Morgan fingerprint density at radius 3 is 2.46 bits per heavy atom. The number of hydrogen-bond acceptors (Lipinski definition) is 5. The van der Waals surface area contributed by atoms with E-state index in [0.717, 1.165) is 16.8 Å². The SMILES string of the molecule is Cc1ccc(NC2=C(C(=O)N3CCOCC3)S(=O)(=O)c3ccccc32)cc1C. The Kier molecular flexibility index (Phi) is 4.72. The standard InChI is InChI=1S/C21H22N2O4S/c1-14-7-8-16(13-15(14)2)22-19-17-5-3-4-6-18(17)28(25,26)20(19)21(24)23-9-11-27-12-10-23/h3-8,13,22H,9-12H2,1-2H3. The molecule has 2 aromatic rings. The van der Waals surface area contributed by atoms with Crippen LogP contribution in [0.15, 0.2) is 52.3 Å². The van der Waals surface area contributed by atoms with Crippen LogP contribution in [0.1, 0.15) is 16.7 Å². The first kappa shape index (κ1) is 18.7. The molecule has 1 saturated heterocycles. The minimum atomic E-state index is -3.90. The zero-order valence-electron chi connectivity index (χ0n) is 15.9. The van der Waals surface area contributed by atoms with Gasteiger partial charge in [-0.15, -0.1) is 0 Å². The second-order valence-electron chi connectivity index (χ2n) is 7.03. The number of carbonyl (C=O) groups excluding carboxylic acids is 1. The molecule has 0 bridgehead atoms. The first-order valence-electron chi connectivity index (χ1n) is 9.19. The fourth-order valence-corrected chi connectivity index (χ4v) is 5.22. The lowest BCUT2D eigenvalue weighted by Crippen LogP contribution is -2.42. The molecule has 2 aliphatic rings. The molecular formula is C21H22N2O4S. The maximum atomic E-state index is 13.2. The number of carbonyl (C=O) groups is 1. The summed E-state index contributed by atoms with van der Waals surface area (Å²) in [6.45, 7) is 5.59. The molecule has 7 heteroatoms. The van der Waals surface area contributed by atoms with Crippen molar-refractivity contribution in [3.8, 4) is 0 Å². The Morgan fingerprint density at radius 1 is 1.04 bits per heavy atom. The van der Waals surface area contributed by atoms with Crippen LogP contribution in [0.5, 0.6) is 0 Å². The summed E-state index contributed by atoms with van der Waals surface area (Å²) in [5.74, 6) is -0.481. The predicted octanol–water partition coefficient (Wildman–Crippen LogP) is 2.73. The Labute approximate surface area is 164 Å². The maximum absolute atomic E-state index is 13.2. The average molecular weight is 398 g/mol. The van der Waals surface area contributed by atoms with Crippen LogP contribution in [-0.4, -0.2) is 45.5 Å². The van der Waals surface area contributed by atoms with Gasteiger partial charge >= 0.3 is 0 Å². The van der Waals surface area contributed by atoms with Gasteiger partial charge < -0.3 is 15.0 Å². The van der Waals surface area contributed by atoms with Crippen molar-refractivity contribution in [1.82, 2.24) is 4.90 Å². The highest BCUT2D eigenvalue weighted by Crippen LogP contribution is 2.40. The number of rotatable bonds is 3. The van der Waals surface area contributed by atoms with Crippen molar-refractivity contribution < 1.29 is 17.9 Å². The summed E-state index contributed by atoms with van der Waals surface area (Å²) < 4.78 is 31.7. The highest BCUT2D eigenvalue weighted by molar-refractivity contribution is 7.97. The molecule has 1 fully saturated rings. The van der Waals surface area contributed by atoms with Crippen LogP contribution < -0.4 is 5.32 Å². The number of sulfone groups is 1. The number of fused-ring (bicyclic) bond motifs is 1. The number of nitrogens with zero attached hydrogens (tertiary/aromatic N) is 1. The van der Waals surface area contributed by atoms with Gasteiger partial charge in [0.1, 0.15) is 0 Å². The van der Waals surface area contributed by atoms with E-state index in [4.69, 9.17) is 4.74 Å². The van der Waals surface area contributed by atoms with E-state index in [1.54, 1.807) is 29.2 Å². The number of morpholine rings is 1. The highest BCUT2D eigenvalue weighted by Gasteiger charge is 2.41. The van der Waals surface area contributed by atoms with Gasteiger partial charge in [0.2, 0.25) is 9.84 Å². The number of ether oxygens (including phenoxy) is 1. The molecule has 2 aliphatic heterocycles. The number of aryl methyl sites for hydroxylation is 2. The van der Waals surface area contributed by atoms with Gasteiger partial charge in [0.05, 0.1) is 23.8 Å². The number of nitrogens with one attached hydrogen (secondary N) is 1. The van der Waals surface area contributed by atoms with Crippen LogP contribution in [0.3, 0.4) is 0 Å². The minimum absolute atomic E-state index is 0.165. The molecule has 0 unspecified atom stereocenters. The van der Waals surface area contributed by atoms with Crippen LogP contribution in [0.25, 0.3) is 5.70 Å². The van der Waals surface area contributed by atoms with E-state index in [0.29, 0.717) is 37.6 Å². The summed E-state index contributed by atoms with van der Waals surface area (Å²) >= 11 is 0. The van der Waals surface area contributed by atoms with Gasteiger partial charge in [0.25, 0.3) is 5.91 Å². The Bertz CT molecular complexity index is 1080. The fourth-order valence-electron chi connectivity index (χ4n) is 3.49. The monoisotopic (exact) mass is 398 g/mol. The average Bonchev–Trinajstić information content (AvgIpc) is 2.92. The zero-order valence-corrected chi connectivity index (χ0v) is 16.7. The first-order valence-corrected chi connectivity index (χ1v) is 10.7. The largest absolute Gasteiger partial charge is 0.378 e. The molecule has 28 heavy (non-hydrogen) atoms. The van der Waals surface area contributed by atoms with Gasteiger partial charge in [0.15, 0.2) is 4.91 Å². The van der Waals surface area contributed by atoms with Crippen molar-refractivity contribution in [3.05, 3.63) is 64.1 Å². The Balaban J connectivity index is 1.84. The molecule has 146 valence electrons. The summed E-state index contributed by atoms with van der Waals surface area (Å²) in [7, 11) is -3.90. The zero-order chi connectivity index (χ0) is 19.9. The quantitative estimate of drug-likeness (QED) is 0.860. The molecule has 0 radical (unpaired) electrons. The summed E-state index contributed by atoms with van der Waals surface area (Å²) in [5.41, 5.74) is 3.84. The van der Waals surface area contributed by atoms with Crippen molar-refractivity contribution >= 4 is 27.1 Å². The molecule has 4 rings (SSSR count). The minimum Gasteiger partial charge on any atom is -0.378 e. The van der Waals surface area contributed by atoms with Gasteiger partial charge in [0, 0.05) is 24.3 Å². The Hall–Kier alpha value is -2.64. The van der Waals surface area contributed by atoms with Crippen molar-refractivity contribution in [2.24, 2.45) is 0 Å². The third kappa shape index (κ3) is 3.10. The van der Waals surface area contributed by atoms with E-state index in [1.165, 1.54) is 0 Å². The lowest BCUT2D eigenvalue weighted by Gasteiger charge is -2.27. The van der Waals surface area contributed by atoms with Gasteiger partial charge in [-0.1, -0.05) is 24.3 Å². The third-order valence-electron chi connectivity index (χ3n) is 5.21. The smallest absolute Gasteiger partial charge is 0.268 e. The van der Waals surface area contributed by atoms with Gasteiger partial charge in [-0.3, -0.25) is 4.79 Å². The third-order valence-corrected chi connectivity index (χ3v) is 7.06. The van der Waals surface area contributed by atoms with E-state index in [2.05, 4.69) is 5.32 Å².